The normalized spacial score (nSPS) is 12.8. The number of rotatable bonds is 9. The van der Waals surface area contributed by atoms with Crippen LogP contribution in [0.15, 0.2) is 24.3 Å². The fraction of sp³-hybridized carbons (Fsp3) is 0.357. The number of hydrogen-bond donors (Lipinski definition) is 3. The lowest BCUT2D eigenvalue weighted by atomic mass is 10.1. The summed E-state index contributed by atoms with van der Waals surface area (Å²) in [6, 6.07) is 3.25. The van der Waals surface area contributed by atoms with Crippen molar-refractivity contribution in [3.63, 3.8) is 0 Å². The van der Waals surface area contributed by atoms with Crippen molar-refractivity contribution >= 4 is 43.6 Å². The van der Waals surface area contributed by atoms with E-state index < -0.39 is 68.0 Å². The second kappa shape index (κ2) is 8.35. The first-order chi connectivity index (χ1) is 12.2. The molecule has 1 aromatic rings. The standard InChI is InChI=1S/C14H18N2O9S2/c1-26(22,23)16(27(2,24)25)11-6-4-3-5-9(11)13(19)15-10(14(20)21)7-8-12(17)18/h3-6,10H,7-8H2,1-2H3,(H,15,19)(H,17,18)(H,20,21)/t10-/m0/s1. The maximum Gasteiger partial charge on any atom is 0.326 e. The number of carboxylic acids is 2. The van der Waals surface area contributed by atoms with Gasteiger partial charge in [0, 0.05) is 6.42 Å². The van der Waals surface area contributed by atoms with Crippen LogP contribution in [0.3, 0.4) is 0 Å². The highest BCUT2D eigenvalue weighted by atomic mass is 32.3. The van der Waals surface area contributed by atoms with Gasteiger partial charge < -0.3 is 15.5 Å². The summed E-state index contributed by atoms with van der Waals surface area (Å²) in [6.07, 6.45) is 0.323. The fourth-order valence-corrected chi connectivity index (χ4v) is 5.19. The Labute approximate surface area is 155 Å². The Bertz CT molecular complexity index is 923. The first-order valence-electron chi connectivity index (χ1n) is 7.30. The number of aliphatic carboxylic acids is 2. The van der Waals surface area contributed by atoms with Crippen LogP contribution in [-0.4, -0.2) is 63.4 Å². The molecule has 0 radical (unpaired) electrons. The predicted octanol–water partition coefficient (Wildman–Crippen LogP) is -0.540. The molecule has 0 unspecified atom stereocenters. The van der Waals surface area contributed by atoms with Gasteiger partial charge in [-0.05, 0) is 18.6 Å². The summed E-state index contributed by atoms with van der Waals surface area (Å²) < 4.78 is 47.7. The van der Waals surface area contributed by atoms with Crippen molar-refractivity contribution in [3.8, 4) is 0 Å². The molecule has 0 bridgehead atoms. The van der Waals surface area contributed by atoms with E-state index in [9.17, 15) is 31.2 Å². The van der Waals surface area contributed by atoms with Crippen molar-refractivity contribution in [3.05, 3.63) is 29.8 Å². The third kappa shape index (κ3) is 6.21. The summed E-state index contributed by atoms with van der Waals surface area (Å²) in [4.78, 5) is 34.3. The highest BCUT2D eigenvalue weighted by Crippen LogP contribution is 2.25. The maximum absolute atomic E-state index is 12.4. The average molecular weight is 422 g/mol. The van der Waals surface area contributed by atoms with Gasteiger partial charge in [-0.2, -0.15) is 3.71 Å². The van der Waals surface area contributed by atoms with E-state index in [-0.39, 0.29) is 3.71 Å². The quantitative estimate of drug-likeness (QED) is 0.472. The van der Waals surface area contributed by atoms with Crippen molar-refractivity contribution in [2.45, 2.75) is 18.9 Å². The van der Waals surface area contributed by atoms with E-state index in [0.29, 0.717) is 12.5 Å². The summed E-state index contributed by atoms with van der Waals surface area (Å²) in [7, 11) is -8.65. The number of nitrogens with one attached hydrogen (secondary N) is 1. The third-order valence-corrected chi connectivity index (χ3v) is 6.42. The molecule has 0 heterocycles. The molecule has 0 aliphatic heterocycles. The van der Waals surface area contributed by atoms with E-state index >= 15 is 0 Å². The number of nitrogens with zero attached hydrogens (tertiary/aromatic N) is 1. The molecule has 1 aromatic carbocycles. The Balaban J connectivity index is 3.34. The minimum atomic E-state index is -4.33. The SMILES string of the molecule is CS(=O)(=O)N(c1ccccc1C(=O)N[C@@H](CCC(=O)O)C(=O)O)S(C)(=O)=O. The Morgan fingerprint density at radius 1 is 1.04 bits per heavy atom. The van der Waals surface area contributed by atoms with Crippen molar-refractivity contribution in [1.82, 2.24) is 5.32 Å². The Hall–Kier alpha value is -2.67. The molecule has 1 rings (SSSR count). The zero-order valence-electron chi connectivity index (χ0n) is 14.3. The number of carbonyl (C=O) groups is 3. The number of carboxylic acid groups (broad SMARTS) is 2. The molecule has 0 fully saturated rings. The van der Waals surface area contributed by atoms with Crippen molar-refractivity contribution in [2.24, 2.45) is 0 Å². The number of benzene rings is 1. The van der Waals surface area contributed by atoms with Gasteiger partial charge in [0.15, 0.2) is 0 Å². The minimum Gasteiger partial charge on any atom is -0.481 e. The fourth-order valence-electron chi connectivity index (χ4n) is 2.19. The second-order valence-electron chi connectivity index (χ2n) is 5.54. The first kappa shape index (κ1) is 22.4. The van der Waals surface area contributed by atoms with Crippen LogP contribution in [0.2, 0.25) is 0 Å². The summed E-state index contributed by atoms with van der Waals surface area (Å²) >= 11 is 0. The zero-order chi connectivity index (χ0) is 21.0. The Morgan fingerprint density at radius 3 is 2.00 bits per heavy atom. The van der Waals surface area contributed by atoms with Crippen molar-refractivity contribution in [2.75, 3.05) is 16.2 Å². The molecular weight excluding hydrogens is 404 g/mol. The Kier molecular flexibility index (Phi) is 6.92. The molecule has 150 valence electrons. The van der Waals surface area contributed by atoms with Gasteiger partial charge in [-0.1, -0.05) is 12.1 Å². The molecule has 0 saturated carbocycles. The summed E-state index contributed by atoms with van der Waals surface area (Å²) in [5, 5.41) is 19.8. The number of anilines is 1. The van der Waals surface area contributed by atoms with Crippen LogP contribution in [0.25, 0.3) is 0 Å². The topological polar surface area (TPSA) is 175 Å². The van der Waals surface area contributed by atoms with Gasteiger partial charge in [0.05, 0.1) is 23.8 Å². The van der Waals surface area contributed by atoms with Crippen LogP contribution < -0.4 is 9.03 Å². The third-order valence-electron chi connectivity index (χ3n) is 3.20. The molecule has 13 heteroatoms. The lowest BCUT2D eigenvalue weighted by Gasteiger charge is -2.23. The van der Waals surface area contributed by atoms with Gasteiger partial charge in [0.1, 0.15) is 6.04 Å². The summed E-state index contributed by atoms with van der Waals surface area (Å²) in [5.41, 5.74) is -0.891. The van der Waals surface area contributed by atoms with Gasteiger partial charge in [-0.3, -0.25) is 9.59 Å². The first-order valence-corrected chi connectivity index (χ1v) is 11.0. The van der Waals surface area contributed by atoms with Gasteiger partial charge in [-0.15, -0.1) is 0 Å². The molecule has 3 N–H and O–H groups in total. The number of carbonyl (C=O) groups excluding carboxylic acids is 1. The molecule has 0 aliphatic rings. The van der Waals surface area contributed by atoms with Crippen LogP contribution in [0, 0.1) is 0 Å². The second-order valence-corrected chi connectivity index (χ2v) is 9.43. The van der Waals surface area contributed by atoms with Crippen LogP contribution in [0.4, 0.5) is 5.69 Å². The van der Waals surface area contributed by atoms with Crippen LogP contribution in [0.1, 0.15) is 23.2 Å². The van der Waals surface area contributed by atoms with Gasteiger partial charge in [0.2, 0.25) is 20.0 Å². The van der Waals surface area contributed by atoms with Crippen LogP contribution in [-0.2, 0) is 29.6 Å². The smallest absolute Gasteiger partial charge is 0.326 e. The molecule has 1 amide bonds. The lowest BCUT2D eigenvalue weighted by molar-refractivity contribution is -0.140. The monoisotopic (exact) mass is 422 g/mol. The van der Waals surface area contributed by atoms with Crippen LogP contribution >= 0.6 is 0 Å². The molecular formula is C14H18N2O9S2. The molecule has 0 aliphatic carbocycles. The molecule has 1 atom stereocenters. The highest BCUT2D eigenvalue weighted by Gasteiger charge is 2.31. The molecule has 11 nitrogen and oxygen atoms in total. The maximum atomic E-state index is 12.4. The largest absolute Gasteiger partial charge is 0.481 e. The van der Waals surface area contributed by atoms with Gasteiger partial charge in [-0.25, -0.2) is 21.6 Å². The number of sulfonamides is 2. The van der Waals surface area contributed by atoms with Crippen LogP contribution in [0.5, 0.6) is 0 Å². The van der Waals surface area contributed by atoms with Gasteiger partial charge >= 0.3 is 11.9 Å². The average Bonchev–Trinajstić information content (AvgIpc) is 2.48. The van der Waals surface area contributed by atoms with E-state index in [4.69, 9.17) is 10.2 Å². The zero-order valence-corrected chi connectivity index (χ0v) is 15.9. The van der Waals surface area contributed by atoms with E-state index in [1.54, 1.807) is 0 Å². The molecule has 27 heavy (non-hydrogen) atoms. The number of hydrogen-bond acceptors (Lipinski definition) is 7. The number of para-hydroxylation sites is 1. The lowest BCUT2D eigenvalue weighted by Crippen LogP contribution is -2.42. The van der Waals surface area contributed by atoms with Gasteiger partial charge in [0.25, 0.3) is 5.91 Å². The van der Waals surface area contributed by atoms with E-state index in [1.165, 1.54) is 12.1 Å². The molecule has 0 saturated heterocycles. The minimum absolute atomic E-state index is 0.0575. The predicted molar refractivity (Wildman–Crippen MR) is 94.4 cm³/mol. The van der Waals surface area contributed by atoms with Crippen molar-refractivity contribution in [1.29, 1.82) is 0 Å². The Morgan fingerprint density at radius 2 is 1.56 bits per heavy atom. The summed E-state index contributed by atoms with van der Waals surface area (Å²) in [6.45, 7) is 0. The van der Waals surface area contributed by atoms with Crippen molar-refractivity contribution < 1.29 is 41.4 Å². The highest BCUT2D eigenvalue weighted by molar-refractivity contribution is 8.09. The molecule has 0 spiro atoms. The molecule has 0 aromatic heterocycles. The number of amides is 1. The van der Waals surface area contributed by atoms with E-state index in [1.807, 2.05) is 0 Å². The van der Waals surface area contributed by atoms with E-state index in [0.717, 1.165) is 12.1 Å². The summed E-state index contributed by atoms with van der Waals surface area (Å²) in [5.74, 6) is -3.83. The van der Waals surface area contributed by atoms with E-state index in [2.05, 4.69) is 5.32 Å².